The van der Waals surface area contributed by atoms with Crippen LogP contribution in [0.15, 0.2) is 48.5 Å². The monoisotopic (exact) mass is 312 g/mol. The van der Waals surface area contributed by atoms with Crippen molar-refractivity contribution in [1.82, 2.24) is 0 Å². The van der Waals surface area contributed by atoms with Crippen molar-refractivity contribution in [3.05, 3.63) is 59.9 Å². The third-order valence-corrected chi connectivity index (χ3v) is 3.30. The number of amides is 1. The van der Waals surface area contributed by atoms with Crippen molar-refractivity contribution in [1.29, 1.82) is 5.26 Å². The van der Waals surface area contributed by atoms with E-state index in [1.165, 1.54) is 12.1 Å². The summed E-state index contributed by atoms with van der Waals surface area (Å²) < 4.78 is 17.4. The van der Waals surface area contributed by atoms with Gasteiger partial charge >= 0.3 is 0 Å². The second-order valence-electron chi connectivity index (χ2n) is 5.08. The summed E-state index contributed by atoms with van der Waals surface area (Å²) in [5.41, 5.74) is 0.931. The van der Waals surface area contributed by atoms with Crippen molar-refractivity contribution < 1.29 is 13.9 Å². The molecule has 0 unspecified atom stereocenters. The van der Waals surface area contributed by atoms with E-state index in [2.05, 4.69) is 5.32 Å². The maximum absolute atomic E-state index is 12.4. The Morgan fingerprint density at radius 1 is 1.22 bits per heavy atom. The largest absolute Gasteiger partial charge is 0.497 e. The second kappa shape index (κ2) is 7.95. The van der Waals surface area contributed by atoms with Crippen molar-refractivity contribution in [3.8, 4) is 11.8 Å². The fourth-order valence-corrected chi connectivity index (χ4v) is 1.82. The Morgan fingerprint density at radius 2 is 1.87 bits per heavy atom. The Labute approximate surface area is 134 Å². The molecule has 0 aromatic heterocycles. The van der Waals surface area contributed by atoms with Crippen LogP contribution in [0.4, 0.5) is 10.1 Å². The standard InChI is InChI=1S/C11H13NO2.C7H4FN/c1-14-10-6-4-9(5-7-10)12-11(13)8-2-3-8;8-7-4-2-1-3-6(7)5-9/h4-8H,2-3H2,1H3,(H,12,13);1-4H. The van der Waals surface area contributed by atoms with Gasteiger partial charge in [0.25, 0.3) is 0 Å². The van der Waals surface area contributed by atoms with Crippen LogP contribution in [0.5, 0.6) is 5.75 Å². The number of benzene rings is 2. The molecule has 0 radical (unpaired) electrons. The first-order valence-corrected chi connectivity index (χ1v) is 7.23. The van der Waals surface area contributed by atoms with Gasteiger partial charge in [-0.3, -0.25) is 4.79 Å². The Morgan fingerprint density at radius 3 is 2.35 bits per heavy atom. The van der Waals surface area contributed by atoms with E-state index in [-0.39, 0.29) is 17.4 Å². The quantitative estimate of drug-likeness (QED) is 0.939. The molecule has 0 bridgehead atoms. The first-order valence-electron chi connectivity index (χ1n) is 7.23. The molecule has 1 saturated carbocycles. The van der Waals surface area contributed by atoms with Crippen LogP contribution in [0.1, 0.15) is 18.4 Å². The van der Waals surface area contributed by atoms with Gasteiger partial charge in [0.2, 0.25) is 5.91 Å². The lowest BCUT2D eigenvalue weighted by Crippen LogP contribution is -2.12. The minimum absolute atomic E-state index is 0.0949. The Kier molecular flexibility index (Phi) is 5.70. The van der Waals surface area contributed by atoms with Crippen molar-refractivity contribution in [2.45, 2.75) is 12.8 Å². The summed E-state index contributed by atoms with van der Waals surface area (Å²) in [6, 6.07) is 15.0. The molecule has 2 aromatic rings. The molecule has 4 nitrogen and oxygen atoms in total. The number of anilines is 1. The Balaban J connectivity index is 0.000000185. The smallest absolute Gasteiger partial charge is 0.227 e. The summed E-state index contributed by atoms with van der Waals surface area (Å²) in [4.78, 5) is 11.4. The molecule has 0 spiro atoms. The number of hydrogen-bond donors (Lipinski definition) is 1. The van der Waals surface area contributed by atoms with Gasteiger partial charge in [0.1, 0.15) is 17.6 Å². The zero-order valence-electron chi connectivity index (χ0n) is 12.8. The van der Waals surface area contributed by atoms with Gasteiger partial charge in [-0.2, -0.15) is 5.26 Å². The van der Waals surface area contributed by atoms with Gasteiger partial charge in [-0.1, -0.05) is 12.1 Å². The molecule has 0 atom stereocenters. The second-order valence-corrected chi connectivity index (χ2v) is 5.08. The molecule has 23 heavy (non-hydrogen) atoms. The highest BCUT2D eigenvalue weighted by Crippen LogP contribution is 2.30. The van der Waals surface area contributed by atoms with Gasteiger partial charge in [0, 0.05) is 11.6 Å². The predicted octanol–water partition coefficient (Wildman–Crippen LogP) is 3.74. The summed E-state index contributed by atoms with van der Waals surface area (Å²) in [5, 5.41) is 11.1. The summed E-state index contributed by atoms with van der Waals surface area (Å²) in [7, 11) is 1.62. The Bertz CT molecular complexity index is 704. The van der Waals surface area contributed by atoms with Crippen LogP contribution in [0, 0.1) is 23.1 Å². The zero-order valence-corrected chi connectivity index (χ0v) is 12.8. The first-order chi connectivity index (χ1) is 11.1. The normalized spacial score (nSPS) is 12.4. The molecule has 1 aliphatic carbocycles. The number of carbonyl (C=O) groups excluding carboxylic acids is 1. The van der Waals surface area contributed by atoms with Gasteiger partial charge in [0.05, 0.1) is 12.7 Å². The average Bonchev–Trinajstić information content (AvgIpc) is 3.42. The van der Waals surface area contributed by atoms with Crippen LogP contribution < -0.4 is 10.1 Å². The minimum Gasteiger partial charge on any atom is -0.497 e. The number of halogens is 1. The van der Waals surface area contributed by atoms with Gasteiger partial charge in [-0.15, -0.1) is 0 Å². The van der Waals surface area contributed by atoms with Gasteiger partial charge in [-0.25, -0.2) is 4.39 Å². The van der Waals surface area contributed by atoms with E-state index in [1.54, 1.807) is 25.3 Å². The molecule has 3 rings (SSSR count). The number of nitrogens with one attached hydrogen (secondary N) is 1. The highest BCUT2D eigenvalue weighted by Gasteiger charge is 2.29. The molecule has 1 aliphatic rings. The Hall–Kier alpha value is -2.87. The summed E-state index contributed by atoms with van der Waals surface area (Å²) in [6.45, 7) is 0. The molecular weight excluding hydrogens is 295 g/mol. The first kappa shape index (κ1) is 16.5. The number of nitriles is 1. The third kappa shape index (κ3) is 5.11. The molecule has 1 amide bonds. The number of nitrogens with zero attached hydrogens (tertiary/aromatic N) is 1. The average molecular weight is 312 g/mol. The molecule has 2 aromatic carbocycles. The maximum atomic E-state index is 12.4. The number of methoxy groups -OCH3 is 1. The van der Waals surface area contributed by atoms with Crippen LogP contribution in [0.2, 0.25) is 0 Å². The van der Waals surface area contributed by atoms with Crippen LogP contribution in [-0.2, 0) is 4.79 Å². The van der Waals surface area contributed by atoms with Gasteiger partial charge in [-0.05, 0) is 49.2 Å². The summed E-state index contributed by atoms with van der Waals surface area (Å²) in [5.74, 6) is 0.724. The molecule has 0 heterocycles. The molecule has 5 heteroatoms. The van der Waals surface area contributed by atoms with Crippen molar-refractivity contribution in [2.75, 3.05) is 12.4 Å². The number of rotatable bonds is 3. The topological polar surface area (TPSA) is 62.1 Å². The van der Waals surface area contributed by atoms with Gasteiger partial charge < -0.3 is 10.1 Å². The van der Waals surface area contributed by atoms with E-state index in [0.717, 1.165) is 24.3 Å². The maximum Gasteiger partial charge on any atom is 0.227 e. The van der Waals surface area contributed by atoms with Crippen LogP contribution in [-0.4, -0.2) is 13.0 Å². The van der Waals surface area contributed by atoms with Crippen LogP contribution in [0.25, 0.3) is 0 Å². The highest BCUT2D eigenvalue weighted by atomic mass is 19.1. The molecule has 118 valence electrons. The van der Waals surface area contributed by atoms with E-state index in [4.69, 9.17) is 10.00 Å². The fourth-order valence-electron chi connectivity index (χ4n) is 1.82. The van der Waals surface area contributed by atoms with Crippen LogP contribution >= 0.6 is 0 Å². The fraction of sp³-hybridized carbons (Fsp3) is 0.222. The lowest BCUT2D eigenvalue weighted by atomic mass is 10.2. The SMILES string of the molecule is COc1ccc(NC(=O)C2CC2)cc1.N#Cc1ccccc1F. The molecule has 1 fully saturated rings. The van der Waals surface area contributed by atoms with Gasteiger partial charge in [0.15, 0.2) is 0 Å². The molecule has 0 aliphatic heterocycles. The zero-order chi connectivity index (χ0) is 16.7. The lowest BCUT2D eigenvalue weighted by Gasteiger charge is -2.04. The predicted molar refractivity (Wildman–Crippen MR) is 85.5 cm³/mol. The minimum atomic E-state index is -0.458. The number of hydrogen-bond acceptors (Lipinski definition) is 3. The van der Waals surface area contributed by atoms with E-state index >= 15 is 0 Å². The lowest BCUT2D eigenvalue weighted by molar-refractivity contribution is -0.117. The van der Waals surface area contributed by atoms with Crippen molar-refractivity contribution in [2.24, 2.45) is 5.92 Å². The van der Waals surface area contributed by atoms with Crippen molar-refractivity contribution >= 4 is 11.6 Å². The molecule has 0 saturated heterocycles. The van der Waals surface area contributed by atoms with Crippen LogP contribution in [0.3, 0.4) is 0 Å². The van der Waals surface area contributed by atoms with E-state index in [0.29, 0.717) is 0 Å². The van der Waals surface area contributed by atoms with E-state index in [1.807, 2.05) is 24.3 Å². The van der Waals surface area contributed by atoms with Crippen molar-refractivity contribution in [3.63, 3.8) is 0 Å². The molecule has 1 N–H and O–H groups in total. The third-order valence-electron chi connectivity index (χ3n) is 3.30. The highest BCUT2D eigenvalue weighted by molar-refractivity contribution is 5.94. The summed E-state index contributed by atoms with van der Waals surface area (Å²) >= 11 is 0. The number of carbonyl (C=O) groups is 1. The molecular formula is C18H17FN2O2. The van der Waals surface area contributed by atoms with E-state index < -0.39 is 5.82 Å². The summed E-state index contributed by atoms with van der Waals surface area (Å²) in [6.07, 6.45) is 2.06. The number of ether oxygens (including phenoxy) is 1. The van der Waals surface area contributed by atoms with E-state index in [9.17, 15) is 9.18 Å².